The number of nitrogens with zero attached hydrogens (tertiary/aromatic N) is 3. The number of piperidine rings is 1. The van der Waals surface area contributed by atoms with Crippen molar-refractivity contribution in [2.24, 2.45) is 5.92 Å². The lowest BCUT2D eigenvalue weighted by Crippen LogP contribution is -2.36. The summed E-state index contributed by atoms with van der Waals surface area (Å²) in [6.07, 6.45) is 4.17. The van der Waals surface area contributed by atoms with Crippen LogP contribution in [0.2, 0.25) is 5.02 Å². The Morgan fingerprint density at radius 2 is 1.88 bits per heavy atom. The van der Waals surface area contributed by atoms with Crippen LogP contribution in [0.1, 0.15) is 54.9 Å². The van der Waals surface area contributed by atoms with Crippen LogP contribution in [0.15, 0.2) is 24.3 Å². The summed E-state index contributed by atoms with van der Waals surface area (Å²) in [7, 11) is 0. The third-order valence-electron chi connectivity index (χ3n) is 4.73. The molecule has 1 aliphatic heterocycles. The fourth-order valence-corrected chi connectivity index (χ4v) is 3.70. The van der Waals surface area contributed by atoms with E-state index in [1.807, 2.05) is 40.8 Å². The van der Waals surface area contributed by atoms with Gasteiger partial charge in [0.05, 0.1) is 27.7 Å². The molecule has 0 atom stereocenters. The van der Waals surface area contributed by atoms with Crippen LogP contribution in [0, 0.1) is 12.8 Å². The summed E-state index contributed by atoms with van der Waals surface area (Å²) in [6, 6.07) is 7.64. The largest absolute Gasteiger partial charge is 0.339 e. The number of amides is 1. The first kappa shape index (κ1) is 18.0. The van der Waals surface area contributed by atoms with Crippen LogP contribution in [0.25, 0.3) is 5.69 Å². The Kier molecular flexibility index (Phi) is 5.48. The first-order valence-corrected chi connectivity index (χ1v) is 9.49. The van der Waals surface area contributed by atoms with Crippen LogP contribution in [-0.4, -0.2) is 33.7 Å². The molecule has 0 aliphatic carbocycles. The van der Waals surface area contributed by atoms with Crippen molar-refractivity contribution >= 4 is 17.5 Å². The number of halogens is 1. The molecule has 1 aromatic carbocycles. The van der Waals surface area contributed by atoms with Gasteiger partial charge in [-0.1, -0.05) is 37.6 Å². The molecule has 0 unspecified atom stereocenters. The van der Waals surface area contributed by atoms with E-state index >= 15 is 0 Å². The second-order valence-corrected chi connectivity index (χ2v) is 7.63. The van der Waals surface area contributed by atoms with Crippen molar-refractivity contribution in [1.82, 2.24) is 14.7 Å². The summed E-state index contributed by atoms with van der Waals surface area (Å²) in [5.41, 5.74) is 3.34. The second-order valence-electron chi connectivity index (χ2n) is 7.22. The molecule has 5 heteroatoms. The van der Waals surface area contributed by atoms with Gasteiger partial charge in [-0.05, 0) is 50.7 Å². The monoisotopic (exact) mass is 359 g/mol. The summed E-state index contributed by atoms with van der Waals surface area (Å²) in [5, 5.41) is 5.42. The minimum absolute atomic E-state index is 0.117. The maximum absolute atomic E-state index is 13.2. The van der Waals surface area contributed by atoms with Gasteiger partial charge in [0, 0.05) is 13.1 Å². The number of hydrogen-bond donors (Lipinski definition) is 0. The molecule has 1 aromatic heterocycles. The van der Waals surface area contributed by atoms with Crippen LogP contribution in [0.5, 0.6) is 0 Å². The highest BCUT2D eigenvalue weighted by Gasteiger charge is 2.27. The fraction of sp³-hybridized carbons (Fsp3) is 0.500. The lowest BCUT2D eigenvalue weighted by atomic mass is 10.0. The average molecular weight is 360 g/mol. The van der Waals surface area contributed by atoms with Crippen molar-refractivity contribution in [1.29, 1.82) is 0 Å². The summed E-state index contributed by atoms with van der Waals surface area (Å²) in [4.78, 5) is 15.2. The molecule has 2 heterocycles. The maximum atomic E-state index is 13.2. The predicted molar refractivity (Wildman–Crippen MR) is 102 cm³/mol. The van der Waals surface area contributed by atoms with Crippen molar-refractivity contribution in [2.75, 3.05) is 13.1 Å². The van der Waals surface area contributed by atoms with Crippen LogP contribution in [0.4, 0.5) is 0 Å². The first-order valence-electron chi connectivity index (χ1n) is 9.11. The Morgan fingerprint density at radius 1 is 1.20 bits per heavy atom. The first-order chi connectivity index (χ1) is 12.0. The van der Waals surface area contributed by atoms with Crippen molar-refractivity contribution in [2.45, 2.75) is 46.5 Å². The van der Waals surface area contributed by atoms with Crippen LogP contribution >= 0.6 is 11.6 Å². The molecule has 1 saturated heterocycles. The highest BCUT2D eigenvalue weighted by atomic mass is 35.5. The minimum atomic E-state index is 0.117. The highest BCUT2D eigenvalue weighted by molar-refractivity contribution is 6.32. The number of carbonyl (C=O) groups excluding carboxylic acids is 1. The third kappa shape index (κ3) is 3.74. The Morgan fingerprint density at radius 3 is 2.52 bits per heavy atom. The van der Waals surface area contributed by atoms with Crippen LogP contribution in [-0.2, 0) is 6.42 Å². The Hall–Kier alpha value is -1.81. The van der Waals surface area contributed by atoms with Gasteiger partial charge < -0.3 is 4.90 Å². The molecule has 1 fully saturated rings. The van der Waals surface area contributed by atoms with Crippen LogP contribution in [0.3, 0.4) is 0 Å². The molecule has 0 N–H and O–H groups in total. The second kappa shape index (κ2) is 7.61. The zero-order valence-corrected chi connectivity index (χ0v) is 16.0. The number of para-hydroxylation sites is 1. The summed E-state index contributed by atoms with van der Waals surface area (Å²) in [6.45, 7) is 7.96. The molecule has 2 aromatic rings. The van der Waals surface area contributed by atoms with E-state index in [-0.39, 0.29) is 5.91 Å². The van der Waals surface area contributed by atoms with Gasteiger partial charge in [-0.25, -0.2) is 4.68 Å². The van der Waals surface area contributed by atoms with Gasteiger partial charge in [-0.3, -0.25) is 4.79 Å². The van der Waals surface area contributed by atoms with E-state index in [4.69, 9.17) is 16.7 Å². The Labute approximate surface area is 154 Å². The lowest BCUT2D eigenvalue weighted by Gasteiger charge is -2.27. The SMILES string of the molecule is Cc1c(C(=O)N2CCCCC2)c(CC(C)C)nn1-c1ccccc1Cl. The van der Waals surface area contributed by atoms with Crippen molar-refractivity contribution in [3.05, 3.63) is 46.2 Å². The molecular formula is C20H26ClN3O. The zero-order chi connectivity index (χ0) is 18.0. The van der Waals surface area contributed by atoms with Gasteiger partial charge in [0.15, 0.2) is 0 Å². The van der Waals surface area contributed by atoms with Gasteiger partial charge in [0.1, 0.15) is 0 Å². The third-order valence-corrected chi connectivity index (χ3v) is 5.05. The topological polar surface area (TPSA) is 38.1 Å². The lowest BCUT2D eigenvalue weighted by molar-refractivity contribution is 0.0722. The summed E-state index contributed by atoms with van der Waals surface area (Å²) < 4.78 is 1.83. The normalized spacial score (nSPS) is 15.0. The zero-order valence-electron chi connectivity index (χ0n) is 15.3. The number of hydrogen-bond acceptors (Lipinski definition) is 2. The van der Waals surface area contributed by atoms with E-state index in [1.165, 1.54) is 6.42 Å². The maximum Gasteiger partial charge on any atom is 0.257 e. The number of rotatable bonds is 4. The van der Waals surface area contributed by atoms with Crippen molar-refractivity contribution < 1.29 is 4.79 Å². The van der Waals surface area contributed by atoms with Gasteiger partial charge >= 0.3 is 0 Å². The standard InChI is InChI=1S/C20H26ClN3O/c1-14(2)13-17-19(20(25)23-11-7-4-8-12-23)15(3)24(22-17)18-10-6-5-9-16(18)21/h5-6,9-10,14H,4,7-8,11-13H2,1-3H3. The number of benzene rings is 1. The molecule has 0 spiro atoms. The molecule has 4 nitrogen and oxygen atoms in total. The predicted octanol–water partition coefficient (Wildman–Crippen LogP) is 4.66. The van der Waals surface area contributed by atoms with E-state index in [0.29, 0.717) is 10.9 Å². The molecule has 0 saturated carbocycles. The minimum Gasteiger partial charge on any atom is -0.339 e. The van der Waals surface area contributed by atoms with Crippen LogP contribution < -0.4 is 0 Å². The molecule has 1 amide bonds. The Balaban J connectivity index is 2.06. The molecule has 134 valence electrons. The molecule has 25 heavy (non-hydrogen) atoms. The molecular weight excluding hydrogens is 334 g/mol. The Bertz CT molecular complexity index is 760. The fourth-order valence-electron chi connectivity index (χ4n) is 3.48. The number of carbonyl (C=O) groups is 1. The van der Waals surface area contributed by atoms with Gasteiger partial charge in [0.25, 0.3) is 5.91 Å². The smallest absolute Gasteiger partial charge is 0.257 e. The van der Waals surface area contributed by atoms with Gasteiger partial charge in [-0.2, -0.15) is 5.10 Å². The molecule has 3 rings (SSSR count). The van der Waals surface area contributed by atoms with E-state index in [0.717, 1.165) is 55.0 Å². The molecule has 0 radical (unpaired) electrons. The molecule has 0 bridgehead atoms. The number of likely N-dealkylation sites (tertiary alicyclic amines) is 1. The number of aromatic nitrogens is 2. The van der Waals surface area contributed by atoms with Crippen molar-refractivity contribution in [3.63, 3.8) is 0 Å². The summed E-state index contributed by atoms with van der Waals surface area (Å²) >= 11 is 6.37. The summed E-state index contributed by atoms with van der Waals surface area (Å²) in [5.74, 6) is 0.549. The quantitative estimate of drug-likeness (QED) is 0.796. The van der Waals surface area contributed by atoms with E-state index in [9.17, 15) is 4.79 Å². The van der Waals surface area contributed by atoms with E-state index < -0.39 is 0 Å². The van der Waals surface area contributed by atoms with Gasteiger partial charge in [-0.15, -0.1) is 0 Å². The molecule has 1 aliphatic rings. The average Bonchev–Trinajstić information content (AvgIpc) is 2.91. The van der Waals surface area contributed by atoms with Crippen molar-refractivity contribution in [3.8, 4) is 5.69 Å². The van der Waals surface area contributed by atoms with E-state index in [1.54, 1.807) is 0 Å². The highest BCUT2D eigenvalue weighted by Crippen LogP contribution is 2.27. The van der Waals surface area contributed by atoms with Gasteiger partial charge in [0.2, 0.25) is 0 Å². The van der Waals surface area contributed by atoms with E-state index in [2.05, 4.69) is 13.8 Å².